The number of carbonyl (C=O) groups is 1. The zero-order valence-electron chi connectivity index (χ0n) is 47.2. The maximum absolute atomic E-state index is 12.6. The van der Waals surface area contributed by atoms with Gasteiger partial charge in [0.1, 0.15) is 57.3 Å². The Hall–Kier alpha value is -10.4. The Labute approximate surface area is 473 Å². The summed E-state index contributed by atoms with van der Waals surface area (Å²) < 4.78 is 29.7. The molecule has 420 valence electrons. The molecule has 0 amide bonds. The van der Waals surface area contributed by atoms with E-state index in [4.69, 9.17) is 49.8 Å². The normalized spacial score (nSPS) is 11.2. The number of rotatable bonds is 17. The molecule has 22 heteroatoms. The zero-order valence-corrected chi connectivity index (χ0v) is 47.2. The van der Waals surface area contributed by atoms with Crippen molar-refractivity contribution >= 4 is 45.2 Å². The molecule has 82 heavy (non-hydrogen) atoms. The van der Waals surface area contributed by atoms with Gasteiger partial charge in [0.05, 0.1) is 50.1 Å². The number of esters is 1. The molecule has 7 heterocycles. The number of oxime groups is 1. The molecule has 0 radical (unpaired) electrons. The topological polar surface area (TPSA) is 246 Å². The van der Waals surface area contributed by atoms with Gasteiger partial charge < -0.3 is 39.5 Å². The first-order valence-corrected chi connectivity index (χ1v) is 26.3. The number of hydrogen-bond acceptors (Lipinski definition) is 17. The predicted octanol–water partition coefficient (Wildman–Crippen LogP) is 9.50. The molecule has 0 unspecified atom stereocenters. The van der Waals surface area contributed by atoms with Crippen LogP contribution < -0.4 is 25.0 Å². The standard InChI is InChI=1S/C29H28N8O2.C29H30N6O3.C2H6N2O/c1-19-15-24(36(17-21-9-6-5-7-10-21)18-26-32-20(2)34-39-26)29-28(31-19)27(33-35(29)3)23-12-11-22(16-25(23)38-4)37-14-8-13-30-37;1-5-38-26(36)19-34(18-21-10-7-6-8-11-21)24-16-20(2)31-28-27(32-33(3)29(24)28)23-13-12-22(17-25(23)37-4)35-15-9-14-30-35;1-2(3)4-5/h5-16H,17-18H2,1-4H3;6-17H,5,18-19H2,1-4H3;5H,1H3,(H2,3,4). The minimum atomic E-state index is -0.288. The van der Waals surface area contributed by atoms with Crippen LogP contribution in [0.1, 0.15) is 48.1 Å². The molecule has 11 rings (SSSR count). The van der Waals surface area contributed by atoms with Gasteiger partial charge in [-0.1, -0.05) is 71.0 Å². The van der Waals surface area contributed by atoms with Gasteiger partial charge in [-0.3, -0.25) is 14.2 Å². The van der Waals surface area contributed by atoms with E-state index in [2.05, 4.69) is 48.6 Å². The van der Waals surface area contributed by atoms with Crippen molar-refractivity contribution in [3.05, 3.63) is 180 Å². The molecule has 22 nitrogen and oxygen atoms in total. The molecule has 0 spiro atoms. The smallest absolute Gasteiger partial charge is 0.325 e. The lowest BCUT2D eigenvalue weighted by molar-refractivity contribution is -0.141. The van der Waals surface area contributed by atoms with Crippen molar-refractivity contribution in [3.8, 4) is 45.4 Å². The van der Waals surface area contributed by atoms with E-state index in [-0.39, 0.29) is 18.3 Å². The average Bonchev–Trinajstić information content (AvgIpc) is 4.46. The Morgan fingerprint density at radius 1 is 0.659 bits per heavy atom. The Balaban J connectivity index is 0.000000183. The van der Waals surface area contributed by atoms with Gasteiger partial charge in [-0.25, -0.2) is 19.3 Å². The highest BCUT2D eigenvalue weighted by Gasteiger charge is 2.26. The summed E-state index contributed by atoms with van der Waals surface area (Å²) in [6.07, 6.45) is 7.26. The van der Waals surface area contributed by atoms with Crippen LogP contribution in [0.3, 0.4) is 0 Å². The van der Waals surface area contributed by atoms with Crippen LogP contribution in [-0.2, 0) is 43.3 Å². The number of aryl methyl sites for hydroxylation is 5. The van der Waals surface area contributed by atoms with E-state index in [9.17, 15) is 4.79 Å². The summed E-state index contributed by atoms with van der Waals surface area (Å²) in [6, 6.07) is 40.1. The van der Waals surface area contributed by atoms with E-state index >= 15 is 0 Å². The molecule has 3 N–H and O–H groups in total. The molecular weight excluding hydrogens is 1040 g/mol. The first-order valence-electron chi connectivity index (χ1n) is 26.3. The van der Waals surface area contributed by atoms with Crippen molar-refractivity contribution in [3.63, 3.8) is 0 Å². The minimum absolute atomic E-state index is 0.101. The molecular formula is C60H64N16O6. The number of hydrogen-bond donors (Lipinski definition) is 2. The largest absolute Gasteiger partial charge is 0.496 e. The lowest BCUT2D eigenvalue weighted by Gasteiger charge is -2.25. The Kier molecular flexibility index (Phi) is 17.6. The Morgan fingerprint density at radius 3 is 1.55 bits per heavy atom. The molecule has 4 aromatic carbocycles. The molecule has 0 aliphatic carbocycles. The molecule has 0 bridgehead atoms. The third-order valence-electron chi connectivity index (χ3n) is 13.0. The summed E-state index contributed by atoms with van der Waals surface area (Å²) in [5.74, 6) is 2.40. The fourth-order valence-electron chi connectivity index (χ4n) is 9.48. The second-order valence-electron chi connectivity index (χ2n) is 19.0. The van der Waals surface area contributed by atoms with Crippen molar-refractivity contribution in [1.29, 1.82) is 0 Å². The summed E-state index contributed by atoms with van der Waals surface area (Å²) >= 11 is 0. The number of nitrogens with two attached hydrogens (primary N) is 1. The number of pyridine rings is 2. The number of benzene rings is 4. The number of aromatic nitrogens is 12. The van der Waals surface area contributed by atoms with Gasteiger partial charge in [0, 0.05) is 86.6 Å². The van der Waals surface area contributed by atoms with E-state index in [1.165, 1.54) is 6.92 Å². The minimum Gasteiger partial charge on any atom is -0.496 e. The second-order valence-corrected chi connectivity index (χ2v) is 19.0. The van der Waals surface area contributed by atoms with Crippen LogP contribution in [0.25, 0.3) is 56.0 Å². The molecule has 0 aliphatic rings. The van der Waals surface area contributed by atoms with Crippen molar-refractivity contribution in [2.45, 2.75) is 54.3 Å². The van der Waals surface area contributed by atoms with Gasteiger partial charge in [0.15, 0.2) is 5.82 Å². The van der Waals surface area contributed by atoms with E-state index in [1.54, 1.807) is 36.0 Å². The highest BCUT2D eigenvalue weighted by Crippen LogP contribution is 2.40. The molecule has 0 fully saturated rings. The highest BCUT2D eigenvalue weighted by atomic mass is 16.5. The molecule has 7 aromatic heterocycles. The van der Waals surface area contributed by atoms with Crippen molar-refractivity contribution in [1.82, 2.24) is 59.2 Å². The van der Waals surface area contributed by atoms with Gasteiger partial charge in [-0.05, 0) is 94.3 Å². The summed E-state index contributed by atoms with van der Waals surface area (Å²) in [6.45, 7) is 11.1. The molecule has 0 saturated carbocycles. The Bertz CT molecular complexity index is 3950. The average molecular weight is 1110 g/mol. The van der Waals surface area contributed by atoms with Gasteiger partial charge in [0.2, 0.25) is 5.89 Å². The first-order chi connectivity index (χ1) is 39.7. The number of anilines is 2. The van der Waals surface area contributed by atoms with Gasteiger partial charge in [-0.2, -0.15) is 25.4 Å². The fourth-order valence-corrected chi connectivity index (χ4v) is 9.48. The summed E-state index contributed by atoms with van der Waals surface area (Å²) in [5.41, 5.74) is 18.7. The number of amidine groups is 1. The van der Waals surface area contributed by atoms with E-state index in [0.29, 0.717) is 55.1 Å². The van der Waals surface area contributed by atoms with Crippen LogP contribution in [0, 0.1) is 20.8 Å². The monoisotopic (exact) mass is 1100 g/mol. The van der Waals surface area contributed by atoms with Crippen LogP contribution in [0.5, 0.6) is 11.5 Å². The first kappa shape index (κ1) is 56.3. The third-order valence-corrected chi connectivity index (χ3v) is 13.0. The van der Waals surface area contributed by atoms with Crippen LogP contribution in [0.2, 0.25) is 0 Å². The number of ether oxygens (including phenoxy) is 3. The number of fused-ring (bicyclic) bond motifs is 2. The van der Waals surface area contributed by atoms with Gasteiger partial charge in [0.25, 0.3) is 0 Å². The highest BCUT2D eigenvalue weighted by molar-refractivity contribution is 6.00. The molecule has 11 aromatic rings. The van der Waals surface area contributed by atoms with E-state index < -0.39 is 0 Å². The molecule has 0 atom stereocenters. The number of methoxy groups -OCH3 is 2. The maximum Gasteiger partial charge on any atom is 0.325 e. The molecule has 0 aliphatic heterocycles. The van der Waals surface area contributed by atoms with E-state index in [1.807, 2.05) is 172 Å². The lowest BCUT2D eigenvalue weighted by atomic mass is 10.1. The summed E-state index contributed by atoms with van der Waals surface area (Å²) in [5, 5.41) is 32.7. The fraction of sp³-hybridized carbons (Fsp3) is 0.233. The summed E-state index contributed by atoms with van der Waals surface area (Å²) in [7, 11) is 7.13. The maximum atomic E-state index is 12.6. The van der Waals surface area contributed by atoms with Crippen molar-refractivity contribution in [2.24, 2.45) is 25.0 Å². The number of carbonyl (C=O) groups excluding carboxylic acids is 1. The number of nitrogens with zero attached hydrogens (tertiary/aromatic N) is 15. The Morgan fingerprint density at radius 2 is 1.13 bits per heavy atom. The lowest BCUT2D eigenvalue weighted by Crippen LogP contribution is -2.31. The molecule has 0 saturated heterocycles. The summed E-state index contributed by atoms with van der Waals surface area (Å²) in [4.78, 5) is 31.2. The van der Waals surface area contributed by atoms with Crippen LogP contribution in [-0.4, -0.2) is 104 Å². The van der Waals surface area contributed by atoms with Gasteiger partial charge in [-0.15, -0.1) is 0 Å². The second kappa shape index (κ2) is 25.6. The van der Waals surface area contributed by atoms with Crippen LogP contribution >= 0.6 is 0 Å². The predicted molar refractivity (Wildman–Crippen MR) is 313 cm³/mol. The zero-order chi connectivity index (χ0) is 57.9. The van der Waals surface area contributed by atoms with Gasteiger partial charge >= 0.3 is 5.97 Å². The van der Waals surface area contributed by atoms with Crippen molar-refractivity contribution < 1.29 is 28.7 Å². The third kappa shape index (κ3) is 12.9. The van der Waals surface area contributed by atoms with Crippen LogP contribution in [0.15, 0.2) is 156 Å². The van der Waals surface area contributed by atoms with Crippen molar-refractivity contribution in [2.75, 3.05) is 37.2 Å². The van der Waals surface area contributed by atoms with E-state index in [0.717, 1.165) is 84.2 Å². The quantitative estimate of drug-likeness (QED) is 0.0283. The van der Waals surface area contributed by atoms with Crippen LogP contribution in [0.4, 0.5) is 11.4 Å². The SMILES string of the molecule is C/C(N)=N/O.CCOC(=O)CN(Cc1ccccc1)c1cc(C)nc2c(-c3ccc(-n4cccn4)cc3OC)nn(C)c12.COc1cc(-n2cccn2)ccc1-c1nn(C)c2c(N(Cc3ccccc3)Cc3nc(C)no3)cc(C)nc12.